The molecule has 0 spiro atoms. The summed E-state index contributed by atoms with van der Waals surface area (Å²) in [6, 6.07) is 0. The number of aliphatic hydroxyl groups is 1. The average molecular weight is 174 g/mol. The highest BCUT2D eigenvalue weighted by Gasteiger charge is 2.21. The summed E-state index contributed by atoms with van der Waals surface area (Å²) in [4.78, 5) is 16.1. The highest BCUT2D eigenvalue weighted by molar-refractivity contribution is 7.46. The molecule has 0 aromatic carbocycles. The maximum absolute atomic E-state index is 11.6. The second-order valence-electron chi connectivity index (χ2n) is 1.55. The minimum Gasteiger partial charge on any atom is -0.394 e. The van der Waals surface area contributed by atoms with Crippen molar-refractivity contribution in [2.24, 2.45) is 0 Å². The van der Waals surface area contributed by atoms with Crippen molar-refractivity contribution in [2.45, 2.75) is 6.10 Å². The third-order valence-electron chi connectivity index (χ3n) is 0.662. The molecule has 0 saturated heterocycles. The van der Waals surface area contributed by atoms with Crippen molar-refractivity contribution in [3.05, 3.63) is 0 Å². The maximum atomic E-state index is 11.6. The number of aliphatic hydroxyl groups excluding tert-OH is 1. The van der Waals surface area contributed by atoms with E-state index in [9.17, 15) is 8.96 Å². The SMILES string of the molecule is O=P(O)(O)O[C@@H](CO)CF. The van der Waals surface area contributed by atoms with E-state index in [1.807, 2.05) is 0 Å². The van der Waals surface area contributed by atoms with Crippen molar-refractivity contribution in [2.75, 3.05) is 13.3 Å². The summed E-state index contributed by atoms with van der Waals surface area (Å²) in [6.45, 7) is -1.87. The van der Waals surface area contributed by atoms with E-state index in [0.29, 0.717) is 0 Å². The summed E-state index contributed by atoms with van der Waals surface area (Å²) in [5, 5.41) is 8.18. The van der Waals surface area contributed by atoms with E-state index < -0.39 is 27.2 Å². The topological polar surface area (TPSA) is 87.0 Å². The van der Waals surface area contributed by atoms with Crippen molar-refractivity contribution in [3.63, 3.8) is 0 Å². The van der Waals surface area contributed by atoms with Crippen LogP contribution in [0.4, 0.5) is 4.39 Å². The van der Waals surface area contributed by atoms with E-state index >= 15 is 0 Å². The number of hydrogen-bond acceptors (Lipinski definition) is 3. The zero-order valence-electron chi connectivity index (χ0n) is 4.97. The van der Waals surface area contributed by atoms with Crippen LogP contribution in [0.3, 0.4) is 0 Å². The van der Waals surface area contributed by atoms with Gasteiger partial charge in [0, 0.05) is 0 Å². The van der Waals surface area contributed by atoms with Gasteiger partial charge in [0.25, 0.3) is 0 Å². The Balaban J connectivity index is 3.75. The summed E-state index contributed by atoms with van der Waals surface area (Å²) in [6.07, 6.45) is -1.43. The Morgan fingerprint density at radius 2 is 2.10 bits per heavy atom. The van der Waals surface area contributed by atoms with Crippen LogP contribution in [0.15, 0.2) is 0 Å². The lowest BCUT2D eigenvalue weighted by Crippen LogP contribution is -2.18. The van der Waals surface area contributed by atoms with Gasteiger partial charge in [-0.2, -0.15) is 0 Å². The van der Waals surface area contributed by atoms with Crippen LogP contribution in [0, 0.1) is 0 Å². The van der Waals surface area contributed by atoms with Gasteiger partial charge in [-0.15, -0.1) is 0 Å². The monoisotopic (exact) mass is 174 g/mol. The largest absolute Gasteiger partial charge is 0.470 e. The Morgan fingerprint density at radius 1 is 1.60 bits per heavy atom. The van der Waals surface area contributed by atoms with Crippen LogP contribution in [0.25, 0.3) is 0 Å². The Morgan fingerprint density at radius 3 is 2.20 bits per heavy atom. The standard InChI is InChI=1S/C3H8FO5P/c4-1-3(2-5)9-10(6,7)8/h3,5H,1-2H2,(H2,6,7,8)/t3-/m1/s1. The molecule has 0 fully saturated rings. The molecular weight excluding hydrogens is 166 g/mol. The maximum Gasteiger partial charge on any atom is 0.470 e. The number of phosphoric acid groups is 1. The molecule has 0 radical (unpaired) electrons. The third-order valence-corrected chi connectivity index (χ3v) is 1.23. The van der Waals surface area contributed by atoms with Gasteiger partial charge >= 0.3 is 7.82 Å². The van der Waals surface area contributed by atoms with Crippen LogP contribution in [-0.4, -0.2) is 34.3 Å². The van der Waals surface area contributed by atoms with Gasteiger partial charge < -0.3 is 14.9 Å². The van der Waals surface area contributed by atoms with Crippen LogP contribution in [-0.2, 0) is 9.09 Å². The van der Waals surface area contributed by atoms with Gasteiger partial charge in [-0.05, 0) is 0 Å². The van der Waals surface area contributed by atoms with Gasteiger partial charge in [-0.3, -0.25) is 4.52 Å². The predicted molar refractivity (Wildman–Crippen MR) is 30.0 cm³/mol. The Kier molecular flexibility index (Phi) is 4.00. The molecule has 0 unspecified atom stereocenters. The molecule has 0 saturated carbocycles. The molecule has 0 aliphatic carbocycles. The molecule has 0 aromatic heterocycles. The number of hydrogen-bond donors (Lipinski definition) is 3. The first-order valence-electron chi connectivity index (χ1n) is 2.40. The van der Waals surface area contributed by atoms with Crippen molar-refractivity contribution in [3.8, 4) is 0 Å². The van der Waals surface area contributed by atoms with Crippen LogP contribution in [0.5, 0.6) is 0 Å². The molecule has 0 amide bonds. The number of alkyl halides is 1. The minimum absolute atomic E-state index is 0.748. The molecule has 0 aliphatic rings. The summed E-state index contributed by atoms with van der Waals surface area (Å²) < 4.78 is 25.3. The first-order valence-corrected chi connectivity index (χ1v) is 3.93. The molecular formula is C3H8FO5P. The van der Waals surface area contributed by atoms with Gasteiger partial charge in [0.1, 0.15) is 12.8 Å². The van der Waals surface area contributed by atoms with Gasteiger partial charge in [0.2, 0.25) is 0 Å². The highest BCUT2D eigenvalue weighted by atomic mass is 31.2. The summed E-state index contributed by atoms with van der Waals surface area (Å²) in [5.41, 5.74) is 0. The summed E-state index contributed by atoms with van der Waals surface area (Å²) in [7, 11) is -4.65. The predicted octanol–water partition coefficient (Wildman–Crippen LogP) is -0.574. The van der Waals surface area contributed by atoms with Crippen LogP contribution < -0.4 is 0 Å². The van der Waals surface area contributed by atoms with E-state index in [1.54, 1.807) is 0 Å². The fourth-order valence-corrected chi connectivity index (χ4v) is 0.816. The number of halogens is 1. The van der Waals surface area contributed by atoms with Gasteiger partial charge in [-0.25, -0.2) is 8.96 Å². The first kappa shape index (κ1) is 10.0. The second kappa shape index (κ2) is 4.00. The minimum atomic E-state index is -4.65. The molecule has 3 N–H and O–H groups in total. The van der Waals surface area contributed by atoms with Gasteiger partial charge in [0.05, 0.1) is 6.61 Å². The average Bonchev–Trinajstić information content (AvgIpc) is 1.81. The van der Waals surface area contributed by atoms with Crippen LogP contribution >= 0.6 is 7.82 Å². The zero-order valence-corrected chi connectivity index (χ0v) is 5.87. The summed E-state index contributed by atoms with van der Waals surface area (Å²) in [5.74, 6) is 0. The van der Waals surface area contributed by atoms with Gasteiger partial charge in [0.15, 0.2) is 0 Å². The molecule has 0 aliphatic heterocycles. The number of rotatable bonds is 4. The molecule has 1 atom stereocenters. The van der Waals surface area contributed by atoms with E-state index in [2.05, 4.69) is 4.52 Å². The fourth-order valence-electron chi connectivity index (χ4n) is 0.304. The molecule has 10 heavy (non-hydrogen) atoms. The van der Waals surface area contributed by atoms with Crippen molar-refractivity contribution in [1.29, 1.82) is 0 Å². The molecule has 0 rings (SSSR count). The van der Waals surface area contributed by atoms with Crippen LogP contribution in [0.2, 0.25) is 0 Å². The lowest BCUT2D eigenvalue weighted by atomic mass is 10.4. The molecule has 0 heterocycles. The van der Waals surface area contributed by atoms with E-state index in [4.69, 9.17) is 14.9 Å². The lowest BCUT2D eigenvalue weighted by molar-refractivity contribution is 0.0630. The Hall–Kier alpha value is -0.0000000000000000555. The third kappa shape index (κ3) is 4.84. The van der Waals surface area contributed by atoms with Crippen molar-refractivity contribution >= 4 is 7.82 Å². The van der Waals surface area contributed by atoms with E-state index in [-0.39, 0.29) is 0 Å². The van der Waals surface area contributed by atoms with Crippen molar-refractivity contribution < 1.29 is 28.4 Å². The Labute approximate surface area is 56.7 Å². The van der Waals surface area contributed by atoms with E-state index in [1.165, 1.54) is 0 Å². The second-order valence-corrected chi connectivity index (χ2v) is 2.75. The lowest BCUT2D eigenvalue weighted by Gasteiger charge is -2.10. The summed E-state index contributed by atoms with van der Waals surface area (Å²) >= 11 is 0. The molecule has 5 nitrogen and oxygen atoms in total. The molecule has 7 heteroatoms. The molecule has 0 bridgehead atoms. The Bertz CT molecular complexity index is 129. The molecule has 62 valence electrons. The fraction of sp³-hybridized carbons (Fsp3) is 1.00. The normalized spacial score (nSPS) is 15.2. The highest BCUT2D eigenvalue weighted by Crippen LogP contribution is 2.37. The van der Waals surface area contributed by atoms with E-state index in [0.717, 1.165) is 0 Å². The quantitative estimate of drug-likeness (QED) is 0.496. The molecule has 0 aromatic rings. The first-order chi connectivity index (χ1) is 4.49. The zero-order chi connectivity index (χ0) is 8.20. The smallest absolute Gasteiger partial charge is 0.394 e. The van der Waals surface area contributed by atoms with Gasteiger partial charge in [-0.1, -0.05) is 0 Å². The van der Waals surface area contributed by atoms with Crippen LogP contribution in [0.1, 0.15) is 0 Å². The van der Waals surface area contributed by atoms with Crippen molar-refractivity contribution in [1.82, 2.24) is 0 Å². The number of phosphoric ester groups is 1.